The SMILES string of the molecule is CCN(CC)c1ccc(CN(CC2CCCO2)C(=O)C(C)C)c(OS(=O)(=O)CC)c1. The lowest BCUT2D eigenvalue weighted by Crippen LogP contribution is -2.39. The monoisotopic (exact) mass is 440 g/mol. The van der Waals surface area contributed by atoms with Gasteiger partial charge in [0.2, 0.25) is 5.91 Å². The van der Waals surface area contributed by atoms with Crippen molar-refractivity contribution in [2.45, 2.75) is 60.1 Å². The molecule has 0 saturated carbocycles. The highest BCUT2D eigenvalue weighted by atomic mass is 32.2. The number of rotatable bonds is 11. The zero-order valence-electron chi connectivity index (χ0n) is 18.9. The van der Waals surface area contributed by atoms with Crippen LogP contribution in [0.15, 0.2) is 18.2 Å². The summed E-state index contributed by atoms with van der Waals surface area (Å²) in [7, 11) is -3.69. The first-order valence-electron chi connectivity index (χ1n) is 10.9. The first-order chi connectivity index (χ1) is 14.2. The van der Waals surface area contributed by atoms with Crippen LogP contribution in [0.3, 0.4) is 0 Å². The summed E-state index contributed by atoms with van der Waals surface area (Å²) in [6, 6.07) is 5.59. The number of hydrogen-bond acceptors (Lipinski definition) is 6. The molecule has 1 heterocycles. The van der Waals surface area contributed by atoms with Crippen molar-refractivity contribution < 1.29 is 22.1 Å². The second kappa shape index (κ2) is 11.0. The highest BCUT2D eigenvalue weighted by Gasteiger charge is 2.26. The lowest BCUT2D eigenvalue weighted by Gasteiger charge is -2.28. The summed E-state index contributed by atoms with van der Waals surface area (Å²) >= 11 is 0. The third-order valence-corrected chi connectivity index (χ3v) is 6.51. The Hall–Kier alpha value is -1.80. The Morgan fingerprint density at radius 2 is 1.93 bits per heavy atom. The average Bonchev–Trinajstić information content (AvgIpc) is 3.22. The molecule has 1 aliphatic heterocycles. The van der Waals surface area contributed by atoms with E-state index in [1.54, 1.807) is 17.9 Å². The molecule has 0 N–H and O–H groups in total. The second-order valence-electron chi connectivity index (χ2n) is 7.90. The first-order valence-corrected chi connectivity index (χ1v) is 12.5. The summed E-state index contributed by atoms with van der Waals surface area (Å²) in [6.45, 7) is 12.5. The molecule has 1 saturated heterocycles. The number of benzene rings is 1. The molecule has 1 amide bonds. The van der Waals surface area contributed by atoms with Crippen molar-refractivity contribution in [2.24, 2.45) is 5.92 Å². The Morgan fingerprint density at radius 1 is 1.23 bits per heavy atom. The van der Waals surface area contributed by atoms with Crippen LogP contribution in [0.2, 0.25) is 0 Å². The van der Waals surface area contributed by atoms with E-state index in [-0.39, 0.29) is 36.0 Å². The summed E-state index contributed by atoms with van der Waals surface area (Å²) in [5.41, 5.74) is 1.57. The van der Waals surface area contributed by atoms with Gasteiger partial charge in [0.05, 0.1) is 11.9 Å². The number of carbonyl (C=O) groups excluding carboxylic acids is 1. The van der Waals surface area contributed by atoms with Crippen molar-refractivity contribution >= 4 is 21.7 Å². The van der Waals surface area contributed by atoms with E-state index in [4.69, 9.17) is 8.92 Å². The smallest absolute Gasteiger partial charge is 0.308 e. The van der Waals surface area contributed by atoms with E-state index in [1.165, 1.54) is 0 Å². The fourth-order valence-electron chi connectivity index (χ4n) is 3.57. The molecule has 1 aliphatic rings. The topological polar surface area (TPSA) is 76.2 Å². The molecule has 2 rings (SSSR count). The Balaban J connectivity index is 2.38. The van der Waals surface area contributed by atoms with E-state index in [2.05, 4.69) is 4.90 Å². The third kappa shape index (κ3) is 6.60. The molecular weight excluding hydrogens is 404 g/mol. The lowest BCUT2D eigenvalue weighted by molar-refractivity contribution is -0.136. The van der Waals surface area contributed by atoms with Crippen molar-refractivity contribution in [3.63, 3.8) is 0 Å². The van der Waals surface area contributed by atoms with Gasteiger partial charge >= 0.3 is 10.1 Å². The van der Waals surface area contributed by atoms with Gasteiger partial charge in [-0.05, 0) is 39.7 Å². The summed E-state index contributed by atoms with van der Waals surface area (Å²) in [4.78, 5) is 16.7. The summed E-state index contributed by atoms with van der Waals surface area (Å²) in [5.74, 6) is 0.0230. The molecule has 1 unspecified atom stereocenters. The van der Waals surface area contributed by atoms with Crippen LogP contribution in [0.5, 0.6) is 5.75 Å². The van der Waals surface area contributed by atoms with E-state index in [1.807, 2.05) is 39.8 Å². The fourth-order valence-corrected chi connectivity index (χ4v) is 4.12. The minimum atomic E-state index is -3.69. The van der Waals surface area contributed by atoms with Gasteiger partial charge in [-0.15, -0.1) is 0 Å². The van der Waals surface area contributed by atoms with Crippen LogP contribution in [0.25, 0.3) is 0 Å². The third-order valence-electron chi connectivity index (χ3n) is 5.36. The lowest BCUT2D eigenvalue weighted by atomic mass is 10.1. The van der Waals surface area contributed by atoms with Gasteiger partial charge < -0.3 is 18.7 Å². The van der Waals surface area contributed by atoms with Gasteiger partial charge in [-0.2, -0.15) is 8.42 Å². The minimum absolute atomic E-state index is 0.0163. The summed E-state index contributed by atoms with van der Waals surface area (Å²) in [6.07, 6.45) is 1.94. The van der Waals surface area contributed by atoms with Gasteiger partial charge in [0.15, 0.2) is 0 Å². The normalized spacial score (nSPS) is 16.7. The number of anilines is 1. The molecule has 1 atom stereocenters. The van der Waals surface area contributed by atoms with E-state index in [9.17, 15) is 13.2 Å². The number of carbonyl (C=O) groups is 1. The predicted octanol–water partition coefficient (Wildman–Crippen LogP) is 3.42. The van der Waals surface area contributed by atoms with Crippen LogP contribution in [-0.2, 0) is 26.2 Å². The number of ether oxygens (including phenoxy) is 1. The van der Waals surface area contributed by atoms with Crippen molar-refractivity contribution in [1.82, 2.24) is 4.90 Å². The molecule has 170 valence electrons. The maximum Gasteiger partial charge on any atom is 0.308 e. The molecule has 0 radical (unpaired) electrons. The van der Waals surface area contributed by atoms with Crippen LogP contribution in [0.4, 0.5) is 5.69 Å². The summed E-state index contributed by atoms with van der Waals surface area (Å²) in [5, 5.41) is 0. The largest absolute Gasteiger partial charge is 0.382 e. The van der Waals surface area contributed by atoms with Crippen LogP contribution in [-0.4, -0.2) is 57.3 Å². The highest BCUT2D eigenvalue weighted by molar-refractivity contribution is 7.87. The average molecular weight is 441 g/mol. The molecule has 0 spiro atoms. The highest BCUT2D eigenvalue weighted by Crippen LogP contribution is 2.29. The molecule has 1 aromatic rings. The van der Waals surface area contributed by atoms with Gasteiger partial charge in [0.25, 0.3) is 0 Å². The van der Waals surface area contributed by atoms with Gasteiger partial charge in [0.1, 0.15) is 5.75 Å². The predicted molar refractivity (Wildman–Crippen MR) is 119 cm³/mol. The molecule has 0 aromatic heterocycles. The van der Waals surface area contributed by atoms with Gasteiger partial charge in [-0.3, -0.25) is 4.79 Å². The Labute approximate surface area is 181 Å². The zero-order valence-corrected chi connectivity index (χ0v) is 19.7. The second-order valence-corrected chi connectivity index (χ2v) is 9.76. The molecule has 0 aliphatic carbocycles. The molecule has 1 aromatic carbocycles. The van der Waals surface area contributed by atoms with Gasteiger partial charge in [-0.25, -0.2) is 0 Å². The number of hydrogen-bond donors (Lipinski definition) is 0. The molecule has 30 heavy (non-hydrogen) atoms. The van der Waals surface area contributed by atoms with Gasteiger partial charge in [-0.1, -0.05) is 19.9 Å². The van der Waals surface area contributed by atoms with Crippen molar-refractivity contribution in [2.75, 3.05) is 36.9 Å². The molecule has 8 heteroatoms. The standard InChI is InChI=1S/C22H36N2O5S/c1-6-23(7-2)19-12-11-18(21(14-19)29-30(26,27)8-3)15-24(22(25)17(4)5)16-20-10-9-13-28-20/h11-12,14,17,20H,6-10,13,15-16H2,1-5H3. The Kier molecular flexibility index (Phi) is 8.97. The van der Waals surface area contributed by atoms with Gasteiger partial charge in [0, 0.05) is 56.0 Å². The van der Waals surface area contributed by atoms with Crippen LogP contribution in [0.1, 0.15) is 53.0 Å². The number of nitrogens with zero attached hydrogens (tertiary/aromatic N) is 2. The maximum absolute atomic E-state index is 12.9. The number of amides is 1. The molecule has 1 fully saturated rings. The molecular formula is C22H36N2O5S. The van der Waals surface area contributed by atoms with E-state index in [0.29, 0.717) is 12.1 Å². The fraction of sp³-hybridized carbons (Fsp3) is 0.682. The van der Waals surface area contributed by atoms with Crippen LogP contribution >= 0.6 is 0 Å². The first kappa shape index (κ1) is 24.5. The van der Waals surface area contributed by atoms with Crippen molar-refractivity contribution in [1.29, 1.82) is 0 Å². The molecule has 0 bridgehead atoms. The van der Waals surface area contributed by atoms with E-state index in [0.717, 1.165) is 38.2 Å². The summed E-state index contributed by atoms with van der Waals surface area (Å²) < 4.78 is 35.6. The van der Waals surface area contributed by atoms with Crippen molar-refractivity contribution in [3.8, 4) is 5.75 Å². The van der Waals surface area contributed by atoms with Crippen LogP contribution in [0, 0.1) is 5.92 Å². The minimum Gasteiger partial charge on any atom is -0.382 e. The Bertz CT molecular complexity index is 800. The molecule has 7 nitrogen and oxygen atoms in total. The zero-order chi connectivity index (χ0) is 22.3. The Morgan fingerprint density at radius 3 is 2.47 bits per heavy atom. The van der Waals surface area contributed by atoms with Crippen LogP contribution < -0.4 is 9.08 Å². The maximum atomic E-state index is 12.9. The quantitative estimate of drug-likeness (QED) is 0.491. The van der Waals surface area contributed by atoms with E-state index >= 15 is 0 Å². The van der Waals surface area contributed by atoms with Crippen molar-refractivity contribution in [3.05, 3.63) is 23.8 Å². The van der Waals surface area contributed by atoms with E-state index < -0.39 is 10.1 Å².